The molecule has 0 fully saturated rings. The summed E-state index contributed by atoms with van der Waals surface area (Å²) in [6, 6.07) is 6.34. The van der Waals surface area contributed by atoms with Crippen molar-refractivity contribution in [2.24, 2.45) is 7.05 Å². The largest absolute Gasteiger partial charge is 0.331 e. The van der Waals surface area contributed by atoms with Crippen LogP contribution in [-0.4, -0.2) is 9.55 Å². The van der Waals surface area contributed by atoms with Crippen LogP contribution in [0, 0.1) is 13.8 Å². The first kappa shape index (κ1) is 7.35. The van der Waals surface area contributed by atoms with Gasteiger partial charge in [0.15, 0.2) is 0 Å². The molecular formula is C10H12N2. The Morgan fingerprint density at radius 1 is 1.25 bits per heavy atom. The number of imidazole rings is 1. The van der Waals surface area contributed by atoms with E-state index in [-0.39, 0.29) is 0 Å². The zero-order valence-electron chi connectivity index (χ0n) is 7.63. The summed E-state index contributed by atoms with van der Waals surface area (Å²) in [6.07, 6.45) is 0. The maximum Gasteiger partial charge on any atom is 0.106 e. The molecular weight excluding hydrogens is 148 g/mol. The molecule has 1 aromatic heterocycles. The van der Waals surface area contributed by atoms with Crippen molar-refractivity contribution in [1.29, 1.82) is 0 Å². The van der Waals surface area contributed by atoms with Gasteiger partial charge >= 0.3 is 0 Å². The molecule has 0 atom stereocenters. The van der Waals surface area contributed by atoms with Crippen LogP contribution in [0.25, 0.3) is 11.0 Å². The van der Waals surface area contributed by atoms with Gasteiger partial charge < -0.3 is 4.57 Å². The average Bonchev–Trinajstić information content (AvgIpc) is 2.28. The second-order valence-corrected chi connectivity index (χ2v) is 3.21. The van der Waals surface area contributed by atoms with Crippen molar-refractivity contribution in [2.75, 3.05) is 0 Å². The number of rotatable bonds is 0. The van der Waals surface area contributed by atoms with Gasteiger partial charge in [-0.25, -0.2) is 4.98 Å². The molecule has 62 valence electrons. The van der Waals surface area contributed by atoms with Crippen LogP contribution in [-0.2, 0) is 7.05 Å². The molecule has 0 aliphatic carbocycles. The van der Waals surface area contributed by atoms with E-state index in [0.717, 1.165) is 11.3 Å². The predicted molar refractivity (Wildman–Crippen MR) is 50.2 cm³/mol. The molecule has 1 heterocycles. The van der Waals surface area contributed by atoms with E-state index in [1.54, 1.807) is 0 Å². The van der Waals surface area contributed by atoms with Crippen molar-refractivity contribution < 1.29 is 0 Å². The highest BCUT2D eigenvalue weighted by Gasteiger charge is 2.02. The molecule has 2 aromatic rings. The molecule has 0 unspecified atom stereocenters. The van der Waals surface area contributed by atoms with Gasteiger partial charge in [-0.3, -0.25) is 0 Å². The van der Waals surface area contributed by atoms with Crippen molar-refractivity contribution in [1.82, 2.24) is 9.55 Å². The lowest BCUT2D eigenvalue weighted by atomic mass is 10.2. The van der Waals surface area contributed by atoms with E-state index in [4.69, 9.17) is 0 Å². The molecule has 1 aromatic carbocycles. The third-order valence-corrected chi connectivity index (χ3v) is 2.26. The molecule has 0 aliphatic rings. The first-order valence-corrected chi connectivity index (χ1v) is 4.08. The van der Waals surface area contributed by atoms with E-state index in [2.05, 4.69) is 34.7 Å². The van der Waals surface area contributed by atoms with Crippen LogP contribution in [0.5, 0.6) is 0 Å². The summed E-state index contributed by atoms with van der Waals surface area (Å²) < 4.78 is 2.11. The van der Waals surface area contributed by atoms with E-state index < -0.39 is 0 Å². The molecule has 2 heteroatoms. The van der Waals surface area contributed by atoms with Crippen molar-refractivity contribution in [2.45, 2.75) is 13.8 Å². The molecule has 0 saturated carbocycles. The minimum Gasteiger partial charge on any atom is -0.331 e. The topological polar surface area (TPSA) is 17.8 Å². The highest BCUT2D eigenvalue weighted by Crippen LogP contribution is 2.15. The van der Waals surface area contributed by atoms with E-state index in [0.29, 0.717) is 0 Å². The first-order valence-electron chi connectivity index (χ1n) is 4.08. The summed E-state index contributed by atoms with van der Waals surface area (Å²) in [4.78, 5) is 4.44. The Balaban J connectivity index is 2.87. The predicted octanol–water partition coefficient (Wildman–Crippen LogP) is 2.19. The lowest BCUT2D eigenvalue weighted by Gasteiger charge is -1.95. The zero-order chi connectivity index (χ0) is 8.72. The maximum atomic E-state index is 4.44. The lowest BCUT2D eigenvalue weighted by Crippen LogP contribution is -1.89. The Morgan fingerprint density at radius 2 is 2.00 bits per heavy atom. The number of aromatic nitrogens is 2. The molecule has 2 rings (SSSR count). The number of nitrogens with zero attached hydrogens (tertiary/aromatic N) is 2. The fraction of sp³-hybridized carbons (Fsp3) is 0.300. The Labute approximate surface area is 71.8 Å². The quantitative estimate of drug-likeness (QED) is 0.577. The second kappa shape index (κ2) is 2.34. The van der Waals surface area contributed by atoms with Crippen LogP contribution < -0.4 is 0 Å². The smallest absolute Gasteiger partial charge is 0.106 e. The normalized spacial score (nSPS) is 10.9. The molecule has 12 heavy (non-hydrogen) atoms. The minimum atomic E-state index is 1.07. The summed E-state index contributed by atoms with van der Waals surface area (Å²) in [7, 11) is 2.04. The monoisotopic (exact) mass is 160 g/mol. The molecule has 0 amide bonds. The zero-order valence-corrected chi connectivity index (χ0v) is 7.63. The Kier molecular flexibility index (Phi) is 1.43. The van der Waals surface area contributed by atoms with E-state index in [9.17, 15) is 0 Å². The number of hydrogen-bond acceptors (Lipinski definition) is 1. The fourth-order valence-corrected chi connectivity index (χ4v) is 1.43. The van der Waals surface area contributed by atoms with E-state index >= 15 is 0 Å². The molecule has 0 spiro atoms. The highest BCUT2D eigenvalue weighted by molar-refractivity contribution is 5.76. The number of fused-ring (bicyclic) bond motifs is 1. The van der Waals surface area contributed by atoms with Crippen molar-refractivity contribution in [3.05, 3.63) is 29.6 Å². The van der Waals surface area contributed by atoms with Gasteiger partial charge in [0.1, 0.15) is 5.82 Å². The van der Waals surface area contributed by atoms with Crippen LogP contribution in [0.1, 0.15) is 11.4 Å². The maximum absolute atomic E-state index is 4.44. The van der Waals surface area contributed by atoms with Crippen LogP contribution in [0.15, 0.2) is 18.2 Å². The Hall–Kier alpha value is -1.31. The molecule has 0 saturated heterocycles. The number of hydrogen-bond donors (Lipinski definition) is 0. The van der Waals surface area contributed by atoms with Crippen LogP contribution in [0.2, 0.25) is 0 Å². The molecule has 0 radical (unpaired) electrons. The van der Waals surface area contributed by atoms with Gasteiger partial charge in [0.05, 0.1) is 11.0 Å². The number of benzene rings is 1. The fourth-order valence-electron chi connectivity index (χ4n) is 1.43. The average molecular weight is 160 g/mol. The van der Waals surface area contributed by atoms with Gasteiger partial charge in [0.25, 0.3) is 0 Å². The van der Waals surface area contributed by atoms with Crippen LogP contribution in [0.4, 0.5) is 0 Å². The van der Waals surface area contributed by atoms with Gasteiger partial charge in [-0.15, -0.1) is 0 Å². The lowest BCUT2D eigenvalue weighted by molar-refractivity contribution is 0.886. The standard InChI is InChI=1S/C10H12N2/c1-7-4-5-10-9(6-7)11-8(2)12(10)3/h4-6H,1-3H3. The van der Waals surface area contributed by atoms with Crippen LogP contribution >= 0.6 is 0 Å². The Bertz CT molecular complexity index is 427. The summed E-state index contributed by atoms with van der Waals surface area (Å²) in [5.74, 6) is 1.07. The van der Waals surface area contributed by atoms with Gasteiger partial charge in [-0.1, -0.05) is 6.07 Å². The van der Waals surface area contributed by atoms with Gasteiger partial charge in [-0.2, -0.15) is 0 Å². The molecule has 0 bridgehead atoms. The SMILES string of the molecule is Cc1ccc2c(c1)nc(C)n2C. The van der Waals surface area contributed by atoms with Crippen molar-refractivity contribution in [3.8, 4) is 0 Å². The van der Waals surface area contributed by atoms with Crippen molar-refractivity contribution in [3.63, 3.8) is 0 Å². The third kappa shape index (κ3) is 0.916. The summed E-state index contributed by atoms with van der Waals surface area (Å²) in [6.45, 7) is 4.11. The minimum absolute atomic E-state index is 1.07. The highest BCUT2D eigenvalue weighted by atomic mass is 15.0. The van der Waals surface area contributed by atoms with Gasteiger partial charge in [0.2, 0.25) is 0 Å². The van der Waals surface area contributed by atoms with Gasteiger partial charge in [0, 0.05) is 7.05 Å². The summed E-state index contributed by atoms with van der Waals surface area (Å²) >= 11 is 0. The third-order valence-electron chi connectivity index (χ3n) is 2.26. The van der Waals surface area contributed by atoms with Crippen molar-refractivity contribution >= 4 is 11.0 Å². The first-order chi connectivity index (χ1) is 5.68. The Morgan fingerprint density at radius 3 is 2.75 bits per heavy atom. The molecule has 2 nitrogen and oxygen atoms in total. The van der Waals surface area contributed by atoms with Crippen LogP contribution in [0.3, 0.4) is 0 Å². The molecule has 0 aliphatic heterocycles. The summed E-state index contributed by atoms with van der Waals surface area (Å²) in [5.41, 5.74) is 3.56. The molecule has 0 N–H and O–H groups in total. The second-order valence-electron chi connectivity index (χ2n) is 3.21. The summed E-state index contributed by atoms with van der Waals surface area (Å²) in [5, 5.41) is 0. The number of aryl methyl sites for hydroxylation is 3. The van der Waals surface area contributed by atoms with Gasteiger partial charge in [-0.05, 0) is 31.5 Å². The van der Waals surface area contributed by atoms with E-state index in [1.165, 1.54) is 11.1 Å². The van der Waals surface area contributed by atoms with E-state index in [1.807, 2.05) is 14.0 Å².